The second-order valence-corrected chi connectivity index (χ2v) is 4.26. The third-order valence-electron chi connectivity index (χ3n) is 2.10. The third kappa shape index (κ3) is 3.63. The summed E-state index contributed by atoms with van der Waals surface area (Å²) < 4.78 is 0. The van der Waals surface area contributed by atoms with Crippen molar-refractivity contribution < 1.29 is 9.72 Å². The summed E-state index contributed by atoms with van der Waals surface area (Å²) in [7, 11) is 0. The van der Waals surface area contributed by atoms with Crippen molar-refractivity contribution in [2.24, 2.45) is 5.73 Å². The van der Waals surface area contributed by atoms with Gasteiger partial charge in [-0.3, -0.25) is 14.9 Å². The Bertz CT molecular complexity index is 437. The Morgan fingerprint density at radius 1 is 1.59 bits per heavy atom. The van der Waals surface area contributed by atoms with Crippen molar-refractivity contribution in [3.8, 4) is 0 Å². The fourth-order valence-electron chi connectivity index (χ4n) is 1.28. The minimum atomic E-state index is -0.604. The van der Waals surface area contributed by atoms with E-state index in [2.05, 4.69) is 5.32 Å². The molecular formula is C10H13N3O3S. The molecule has 0 aliphatic carbocycles. The molecule has 0 spiro atoms. The summed E-state index contributed by atoms with van der Waals surface area (Å²) in [4.78, 5) is 21.3. The van der Waals surface area contributed by atoms with Crippen molar-refractivity contribution in [2.45, 2.75) is 0 Å². The Morgan fingerprint density at radius 2 is 2.29 bits per heavy atom. The Morgan fingerprint density at radius 3 is 2.82 bits per heavy atom. The summed E-state index contributed by atoms with van der Waals surface area (Å²) in [6, 6.07) is 4.03. The number of carbonyl (C=O) groups is 1. The first-order valence-corrected chi connectivity index (χ1v) is 6.26. The van der Waals surface area contributed by atoms with E-state index in [0.29, 0.717) is 12.2 Å². The number of hydrogen-bond acceptors (Lipinski definition) is 5. The normalized spacial score (nSPS) is 9.94. The van der Waals surface area contributed by atoms with Gasteiger partial charge in [0.1, 0.15) is 5.69 Å². The molecule has 1 aromatic rings. The number of benzene rings is 1. The SMILES string of the molecule is CSCCNc1cc(C(N)=O)ccc1[N+](=O)[O-]. The molecule has 7 heteroatoms. The first-order chi connectivity index (χ1) is 8.06. The molecule has 0 radical (unpaired) electrons. The lowest BCUT2D eigenvalue weighted by molar-refractivity contribution is -0.384. The Balaban J connectivity index is 2.98. The molecule has 0 unspecified atom stereocenters. The minimum absolute atomic E-state index is 0.0592. The van der Waals surface area contributed by atoms with E-state index in [1.807, 2.05) is 6.26 Å². The van der Waals surface area contributed by atoms with Gasteiger partial charge in [-0.15, -0.1) is 0 Å². The van der Waals surface area contributed by atoms with Crippen molar-refractivity contribution in [3.05, 3.63) is 33.9 Å². The van der Waals surface area contributed by atoms with Crippen molar-refractivity contribution in [1.29, 1.82) is 0 Å². The summed E-state index contributed by atoms with van der Waals surface area (Å²) in [5.74, 6) is 0.214. The number of amides is 1. The van der Waals surface area contributed by atoms with E-state index in [-0.39, 0.29) is 11.3 Å². The van der Waals surface area contributed by atoms with Gasteiger partial charge < -0.3 is 11.1 Å². The molecule has 3 N–H and O–H groups in total. The topological polar surface area (TPSA) is 98.3 Å². The van der Waals surface area contributed by atoms with Crippen LogP contribution in [0.4, 0.5) is 11.4 Å². The number of primary amides is 1. The largest absolute Gasteiger partial charge is 0.379 e. The van der Waals surface area contributed by atoms with Crippen LogP contribution in [-0.2, 0) is 0 Å². The van der Waals surface area contributed by atoms with Gasteiger partial charge in [0, 0.05) is 23.9 Å². The summed E-state index contributed by atoms with van der Waals surface area (Å²) in [5, 5.41) is 13.7. The lowest BCUT2D eigenvalue weighted by Gasteiger charge is -2.07. The second-order valence-electron chi connectivity index (χ2n) is 3.27. The Labute approximate surface area is 103 Å². The number of nitro groups is 1. The van der Waals surface area contributed by atoms with Crippen LogP contribution in [-0.4, -0.2) is 29.4 Å². The van der Waals surface area contributed by atoms with Crippen LogP contribution in [0.3, 0.4) is 0 Å². The van der Waals surface area contributed by atoms with Crippen molar-refractivity contribution in [2.75, 3.05) is 23.9 Å². The van der Waals surface area contributed by atoms with Crippen LogP contribution in [0.5, 0.6) is 0 Å². The van der Waals surface area contributed by atoms with Crippen LogP contribution >= 0.6 is 11.8 Å². The van der Waals surface area contributed by atoms with Crippen LogP contribution in [0.15, 0.2) is 18.2 Å². The third-order valence-corrected chi connectivity index (χ3v) is 2.71. The van der Waals surface area contributed by atoms with E-state index >= 15 is 0 Å². The lowest BCUT2D eigenvalue weighted by Crippen LogP contribution is -2.13. The second kappa shape index (κ2) is 6.09. The zero-order valence-corrected chi connectivity index (χ0v) is 10.1. The number of rotatable bonds is 6. The summed E-state index contributed by atoms with van der Waals surface area (Å²) >= 11 is 1.62. The molecule has 0 heterocycles. The number of nitro benzene ring substituents is 1. The molecule has 0 aliphatic heterocycles. The zero-order valence-electron chi connectivity index (χ0n) is 9.30. The minimum Gasteiger partial charge on any atom is -0.379 e. The zero-order chi connectivity index (χ0) is 12.8. The van der Waals surface area contributed by atoms with Crippen LogP contribution < -0.4 is 11.1 Å². The van der Waals surface area contributed by atoms with E-state index in [0.717, 1.165) is 5.75 Å². The molecule has 0 aliphatic rings. The smallest absolute Gasteiger partial charge is 0.292 e. The number of nitrogens with zero attached hydrogens (tertiary/aromatic N) is 1. The molecule has 0 atom stereocenters. The number of anilines is 1. The first kappa shape index (κ1) is 13.3. The Hall–Kier alpha value is -1.76. The molecule has 0 saturated heterocycles. The molecule has 1 rings (SSSR count). The molecule has 0 saturated carbocycles. The molecule has 92 valence electrons. The van der Waals surface area contributed by atoms with Crippen molar-refractivity contribution in [3.63, 3.8) is 0 Å². The van der Waals surface area contributed by atoms with Crippen molar-refractivity contribution in [1.82, 2.24) is 0 Å². The number of nitrogens with two attached hydrogens (primary N) is 1. The first-order valence-electron chi connectivity index (χ1n) is 4.87. The van der Waals surface area contributed by atoms with Gasteiger partial charge in [0.05, 0.1) is 4.92 Å². The molecular weight excluding hydrogens is 242 g/mol. The van der Waals surface area contributed by atoms with E-state index in [1.54, 1.807) is 11.8 Å². The van der Waals surface area contributed by atoms with Crippen molar-refractivity contribution >= 4 is 29.0 Å². The van der Waals surface area contributed by atoms with Crippen LogP contribution in [0, 0.1) is 10.1 Å². The average Bonchev–Trinajstić information content (AvgIpc) is 2.28. The van der Waals surface area contributed by atoms with Crippen LogP contribution in [0.2, 0.25) is 0 Å². The highest BCUT2D eigenvalue weighted by molar-refractivity contribution is 7.98. The molecule has 1 amide bonds. The predicted molar refractivity (Wildman–Crippen MR) is 68.5 cm³/mol. The summed E-state index contributed by atoms with van der Waals surface area (Å²) in [6.45, 7) is 0.588. The standard InChI is InChI=1S/C10H13N3O3S/c1-17-5-4-12-8-6-7(10(11)14)2-3-9(8)13(15)16/h2-3,6,12H,4-5H2,1H3,(H2,11,14). The molecule has 0 fully saturated rings. The highest BCUT2D eigenvalue weighted by Crippen LogP contribution is 2.25. The lowest BCUT2D eigenvalue weighted by atomic mass is 10.1. The summed E-state index contributed by atoms with van der Waals surface area (Å²) in [5.41, 5.74) is 5.64. The van der Waals surface area contributed by atoms with Gasteiger partial charge in [-0.1, -0.05) is 0 Å². The van der Waals surface area contributed by atoms with E-state index in [4.69, 9.17) is 5.73 Å². The van der Waals surface area contributed by atoms with Gasteiger partial charge in [0.25, 0.3) is 5.69 Å². The van der Waals surface area contributed by atoms with Crippen LogP contribution in [0.25, 0.3) is 0 Å². The number of hydrogen-bond donors (Lipinski definition) is 2. The maximum atomic E-state index is 11.0. The predicted octanol–water partition coefficient (Wildman–Crippen LogP) is 1.47. The fraction of sp³-hybridized carbons (Fsp3) is 0.300. The van der Waals surface area contributed by atoms with Gasteiger partial charge in [0.15, 0.2) is 0 Å². The number of thioether (sulfide) groups is 1. The monoisotopic (exact) mass is 255 g/mol. The van der Waals surface area contributed by atoms with Gasteiger partial charge >= 0.3 is 0 Å². The van der Waals surface area contributed by atoms with E-state index < -0.39 is 10.8 Å². The molecule has 6 nitrogen and oxygen atoms in total. The maximum Gasteiger partial charge on any atom is 0.292 e. The fourth-order valence-corrected chi connectivity index (χ4v) is 1.58. The van der Waals surface area contributed by atoms with Crippen LogP contribution in [0.1, 0.15) is 10.4 Å². The van der Waals surface area contributed by atoms with E-state index in [9.17, 15) is 14.9 Å². The molecule has 17 heavy (non-hydrogen) atoms. The highest BCUT2D eigenvalue weighted by Gasteiger charge is 2.15. The highest BCUT2D eigenvalue weighted by atomic mass is 32.2. The molecule has 0 aromatic heterocycles. The Kier molecular flexibility index (Phi) is 4.77. The van der Waals surface area contributed by atoms with Gasteiger partial charge in [-0.05, 0) is 18.4 Å². The quantitative estimate of drug-likeness (QED) is 0.455. The number of carbonyl (C=O) groups excluding carboxylic acids is 1. The van der Waals surface area contributed by atoms with E-state index in [1.165, 1.54) is 18.2 Å². The maximum absolute atomic E-state index is 11.0. The average molecular weight is 255 g/mol. The van der Waals surface area contributed by atoms with Gasteiger partial charge in [0.2, 0.25) is 5.91 Å². The molecule has 1 aromatic carbocycles. The van der Waals surface area contributed by atoms with Gasteiger partial charge in [-0.25, -0.2) is 0 Å². The molecule has 0 bridgehead atoms. The van der Waals surface area contributed by atoms with Gasteiger partial charge in [-0.2, -0.15) is 11.8 Å². The number of nitrogens with one attached hydrogen (secondary N) is 1. The summed E-state index contributed by atoms with van der Waals surface area (Å²) in [6.07, 6.45) is 1.94.